The highest BCUT2D eigenvalue weighted by molar-refractivity contribution is 5.64. The third-order valence-electron chi connectivity index (χ3n) is 7.60. The van der Waals surface area contributed by atoms with Crippen molar-refractivity contribution in [3.63, 3.8) is 0 Å². The minimum Gasteiger partial charge on any atom is -0.384 e. The fraction of sp³-hybridized carbons (Fsp3) is 0.600. The standard InChI is InChI=1S/C25H35N5/c1-4-18-8-9-20-22(18)24(29-16-28-20)30-12-10-25(11-13-30)15-27-21-7-5-6-19(23(21)25)14-26-17(2)3/h5-7,16-18,26-27H,4,8-15H2,1-3H3. The highest BCUT2D eigenvalue weighted by Gasteiger charge is 2.43. The molecule has 1 aromatic carbocycles. The van der Waals surface area contributed by atoms with Gasteiger partial charge in [-0.3, -0.25) is 0 Å². The van der Waals surface area contributed by atoms with Crippen molar-refractivity contribution in [3.05, 3.63) is 46.9 Å². The summed E-state index contributed by atoms with van der Waals surface area (Å²) >= 11 is 0. The van der Waals surface area contributed by atoms with Crippen molar-refractivity contribution in [2.45, 2.75) is 76.8 Å². The molecule has 5 nitrogen and oxygen atoms in total. The smallest absolute Gasteiger partial charge is 0.135 e. The SMILES string of the molecule is CCC1CCc2ncnc(N3CCC4(CC3)CNc3cccc(CNC(C)C)c34)c21. The van der Waals surface area contributed by atoms with Crippen LogP contribution in [0.4, 0.5) is 11.5 Å². The van der Waals surface area contributed by atoms with Crippen molar-refractivity contribution in [2.24, 2.45) is 0 Å². The number of fused-ring (bicyclic) bond motifs is 3. The molecule has 1 aromatic heterocycles. The van der Waals surface area contributed by atoms with Crippen molar-refractivity contribution in [1.82, 2.24) is 15.3 Å². The second-order valence-corrected chi connectivity index (χ2v) is 9.70. The molecule has 160 valence electrons. The van der Waals surface area contributed by atoms with E-state index < -0.39 is 0 Å². The fourth-order valence-corrected chi connectivity index (χ4v) is 5.92. The molecule has 2 N–H and O–H groups in total. The molecular weight excluding hydrogens is 370 g/mol. The number of benzene rings is 1. The summed E-state index contributed by atoms with van der Waals surface area (Å²) in [6.45, 7) is 10.9. The lowest BCUT2D eigenvalue weighted by molar-refractivity contribution is 0.357. The predicted molar refractivity (Wildman–Crippen MR) is 123 cm³/mol. The number of aromatic nitrogens is 2. The molecule has 1 aliphatic carbocycles. The Bertz CT molecular complexity index is 914. The molecule has 3 heterocycles. The maximum atomic E-state index is 4.79. The van der Waals surface area contributed by atoms with Gasteiger partial charge in [0.2, 0.25) is 0 Å². The first-order valence-electron chi connectivity index (χ1n) is 11.8. The molecule has 1 spiro atoms. The Labute approximate surface area is 180 Å². The van der Waals surface area contributed by atoms with Gasteiger partial charge in [0.1, 0.15) is 12.1 Å². The molecule has 0 bridgehead atoms. The number of rotatable bonds is 5. The zero-order valence-electron chi connectivity index (χ0n) is 18.7. The fourth-order valence-electron chi connectivity index (χ4n) is 5.92. The van der Waals surface area contributed by atoms with E-state index in [0.717, 1.165) is 32.6 Å². The Hall–Kier alpha value is -2.14. The van der Waals surface area contributed by atoms with Crippen LogP contribution < -0.4 is 15.5 Å². The summed E-state index contributed by atoms with van der Waals surface area (Å²) < 4.78 is 0. The quantitative estimate of drug-likeness (QED) is 0.773. The summed E-state index contributed by atoms with van der Waals surface area (Å²) in [4.78, 5) is 11.9. The maximum Gasteiger partial charge on any atom is 0.135 e. The van der Waals surface area contributed by atoms with E-state index in [0.29, 0.717) is 12.0 Å². The largest absolute Gasteiger partial charge is 0.384 e. The van der Waals surface area contributed by atoms with E-state index in [1.165, 1.54) is 54.0 Å². The van der Waals surface area contributed by atoms with Gasteiger partial charge in [0.25, 0.3) is 0 Å². The zero-order valence-corrected chi connectivity index (χ0v) is 18.7. The van der Waals surface area contributed by atoms with Gasteiger partial charge in [-0.25, -0.2) is 9.97 Å². The van der Waals surface area contributed by atoms with Crippen molar-refractivity contribution in [1.29, 1.82) is 0 Å². The summed E-state index contributed by atoms with van der Waals surface area (Å²) in [6.07, 6.45) is 7.69. The van der Waals surface area contributed by atoms with Crippen LogP contribution in [0.25, 0.3) is 0 Å². The van der Waals surface area contributed by atoms with Gasteiger partial charge < -0.3 is 15.5 Å². The van der Waals surface area contributed by atoms with E-state index in [1.807, 2.05) is 0 Å². The summed E-state index contributed by atoms with van der Waals surface area (Å²) in [5, 5.41) is 7.36. The molecular formula is C25H35N5. The van der Waals surface area contributed by atoms with Crippen LogP contribution in [-0.2, 0) is 18.4 Å². The van der Waals surface area contributed by atoms with Gasteiger partial charge in [-0.1, -0.05) is 32.9 Å². The summed E-state index contributed by atoms with van der Waals surface area (Å²) in [7, 11) is 0. The molecule has 1 unspecified atom stereocenters. The Morgan fingerprint density at radius 1 is 1.23 bits per heavy atom. The van der Waals surface area contributed by atoms with Gasteiger partial charge in [0.05, 0.1) is 0 Å². The molecule has 5 rings (SSSR count). The number of hydrogen-bond acceptors (Lipinski definition) is 5. The molecule has 2 aliphatic heterocycles. The number of nitrogens with one attached hydrogen (secondary N) is 2. The maximum absolute atomic E-state index is 4.79. The molecule has 5 heteroatoms. The lowest BCUT2D eigenvalue weighted by atomic mass is 9.72. The van der Waals surface area contributed by atoms with Crippen LogP contribution in [0, 0.1) is 0 Å². The second kappa shape index (κ2) is 7.84. The average molecular weight is 406 g/mol. The van der Waals surface area contributed by atoms with E-state index in [4.69, 9.17) is 4.98 Å². The predicted octanol–water partition coefficient (Wildman–Crippen LogP) is 4.38. The van der Waals surface area contributed by atoms with Crippen molar-refractivity contribution < 1.29 is 0 Å². The summed E-state index contributed by atoms with van der Waals surface area (Å²) in [5.74, 6) is 1.86. The Morgan fingerprint density at radius 2 is 2.07 bits per heavy atom. The Balaban J connectivity index is 1.39. The number of hydrogen-bond donors (Lipinski definition) is 2. The first-order chi connectivity index (χ1) is 14.6. The monoisotopic (exact) mass is 405 g/mol. The normalized spacial score (nSPS) is 21.7. The van der Waals surface area contributed by atoms with Crippen LogP contribution in [0.15, 0.2) is 24.5 Å². The molecule has 30 heavy (non-hydrogen) atoms. The first kappa shape index (κ1) is 19.8. The second-order valence-electron chi connectivity index (χ2n) is 9.70. The van der Waals surface area contributed by atoms with Gasteiger partial charge in [-0.2, -0.15) is 0 Å². The van der Waals surface area contributed by atoms with E-state index in [9.17, 15) is 0 Å². The van der Waals surface area contributed by atoms with Gasteiger partial charge in [0, 0.05) is 54.6 Å². The van der Waals surface area contributed by atoms with Gasteiger partial charge >= 0.3 is 0 Å². The van der Waals surface area contributed by atoms with Crippen LogP contribution in [0.2, 0.25) is 0 Å². The Kier molecular flexibility index (Phi) is 5.18. The summed E-state index contributed by atoms with van der Waals surface area (Å²) in [6, 6.07) is 7.28. The molecule has 1 saturated heterocycles. The van der Waals surface area contributed by atoms with E-state index in [-0.39, 0.29) is 5.41 Å². The van der Waals surface area contributed by atoms with Crippen molar-refractivity contribution >= 4 is 11.5 Å². The van der Waals surface area contributed by atoms with E-state index in [2.05, 4.69) is 59.5 Å². The minimum absolute atomic E-state index is 0.251. The first-order valence-corrected chi connectivity index (χ1v) is 11.8. The van der Waals surface area contributed by atoms with E-state index in [1.54, 1.807) is 11.9 Å². The highest BCUT2D eigenvalue weighted by Crippen LogP contribution is 2.47. The molecule has 0 amide bonds. The highest BCUT2D eigenvalue weighted by atomic mass is 15.2. The van der Waals surface area contributed by atoms with Crippen molar-refractivity contribution in [3.8, 4) is 0 Å². The summed E-state index contributed by atoms with van der Waals surface area (Å²) in [5.41, 5.74) is 7.37. The van der Waals surface area contributed by atoms with E-state index >= 15 is 0 Å². The van der Waals surface area contributed by atoms with Crippen LogP contribution in [0.1, 0.15) is 74.8 Å². The van der Waals surface area contributed by atoms with Gasteiger partial charge in [0.15, 0.2) is 0 Å². The van der Waals surface area contributed by atoms with Crippen LogP contribution in [0.3, 0.4) is 0 Å². The molecule has 1 fully saturated rings. The third-order valence-corrected chi connectivity index (χ3v) is 7.60. The molecule has 2 aromatic rings. The molecule has 1 atom stereocenters. The average Bonchev–Trinajstić information content (AvgIpc) is 3.35. The number of piperidine rings is 1. The van der Waals surface area contributed by atoms with Gasteiger partial charge in [-0.05, 0) is 55.2 Å². The third kappa shape index (κ3) is 3.27. The lowest BCUT2D eigenvalue weighted by Crippen LogP contribution is -2.45. The number of nitrogens with zero attached hydrogens (tertiary/aromatic N) is 3. The molecule has 0 saturated carbocycles. The van der Waals surface area contributed by atoms with Crippen molar-refractivity contribution in [2.75, 3.05) is 29.9 Å². The van der Waals surface area contributed by atoms with Crippen LogP contribution in [0.5, 0.6) is 0 Å². The lowest BCUT2D eigenvalue weighted by Gasteiger charge is -2.41. The number of anilines is 2. The minimum atomic E-state index is 0.251. The molecule has 3 aliphatic rings. The zero-order chi connectivity index (χ0) is 20.7. The molecule has 0 radical (unpaired) electrons. The van der Waals surface area contributed by atoms with Gasteiger partial charge in [-0.15, -0.1) is 0 Å². The topological polar surface area (TPSA) is 53.1 Å². The Morgan fingerprint density at radius 3 is 2.83 bits per heavy atom. The van der Waals surface area contributed by atoms with Crippen LogP contribution >= 0.6 is 0 Å². The number of aryl methyl sites for hydroxylation is 1. The van der Waals surface area contributed by atoms with Crippen LogP contribution in [-0.4, -0.2) is 35.6 Å².